The summed E-state index contributed by atoms with van der Waals surface area (Å²) >= 11 is 0. The Morgan fingerprint density at radius 3 is 2.60 bits per heavy atom. The quantitative estimate of drug-likeness (QED) is 0.599. The molecular weight excluding hydrogens is 310 g/mol. The number of hydrogen-bond acceptors (Lipinski definition) is 4. The van der Waals surface area contributed by atoms with E-state index in [1.54, 1.807) is 12.4 Å². The van der Waals surface area contributed by atoms with Gasteiger partial charge in [0.25, 0.3) is 0 Å². The molecule has 2 aromatic heterocycles. The number of rotatable bonds is 4. The Kier molecular flexibility index (Phi) is 3.74. The van der Waals surface area contributed by atoms with Gasteiger partial charge in [0.2, 0.25) is 0 Å². The van der Waals surface area contributed by atoms with Crippen molar-refractivity contribution in [2.75, 3.05) is 5.32 Å². The fourth-order valence-electron chi connectivity index (χ4n) is 2.81. The number of para-hydroxylation sites is 2. The topological polar surface area (TPSA) is 55.6 Å². The molecule has 0 radical (unpaired) electrons. The van der Waals surface area contributed by atoms with Crippen molar-refractivity contribution >= 4 is 28.6 Å². The van der Waals surface area contributed by atoms with Gasteiger partial charge in [-0.1, -0.05) is 36.9 Å². The second-order valence-electron chi connectivity index (χ2n) is 5.70. The summed E-state index contributed by atoms with van der Waals surface area (Å²) in [5.74, 6) is 2.29. The zero-order valence-electron chi connectivity index (χ0n) is 13.8. The molecule has 0 atom stereocenters. The monoisotopic (exact) mass is 327 g/mol. The molecule has 0 saturated heterocycles. The molecule has 5 heteroatoms. The third-order valence-corrected chi connectivity index (χ3v) is 4.00. The van der Waals surface area contributed by atoms with Gasteiger partial charge in [-0.25, -0.2) is 9.97 Å². The van der Waals surface area contributed by atoms with Crippen LogP contribution >= 0.6 is 0 Å². The van der Waals surface area contributed by atoms with Gasteiger partial charge in [0, 0.05) is 5.69 Å². The Balaban J connectivity index is 1.71. The molecule has 2 heterocycles. The first-order chi connectivity index (χ1) is 12.2. The van der Waals surface area contributed by atoms with Gasteiger partial charge in [0.1, 0.15) is 5.82 Å². The maximum Gasteiger partial charge on any atom is 0.159 e. The molecule has 5 nitrogen and oxygen atoms in total. The van der Waals surface area contributed by atoms with Gasteiger partial charge in [-0.15, -0.1) is 0 Å². The molecule has 4 aromatic rings. The molecule has 0 saturated carbocycles. The minimum Gasteiger partial charge on any atom is -0.339 e. The smallest absolute Gasteiger partial charge is 0.159 e. The van der Waals surface area contributed by atoms with Crippen LogP contribution in [-0.4, -0.2) is 19.5 Å². The van der Waals surface area contributed by atoms with E-state index in [-0.39, 0.29) is 0 Å². The van der Waals surface area contributed by atoms with Crippen LogP contribution in [0.5, 0.6) is 0 Å². The number of aromatic nitrogens is 4. The molecule has 0 aliphatic carbocycles. The van der Waals surface area contributed by atoms with E-state index < -0.39 is 0 Å². The number of fused-ring (bicyclic) bond motifs is 1. The molecule has 0 aliphatic rings. The average Bonchev–Trinajstić information content (AvgIpc) is 2.98. The Hall–Kier alpha value is -3.47. The number of aryl methyl sites for hydroxylation is 1. The van der Waals surface area contributed by atoms with Crippen molar-refractivity contribution < 1.29 is 0 Å². The third-order valence-electron chi connectivity index (χ3n) is 4.00. The fourth-order valence-corrected chi connectivity index (χ4v) is 2.81. The molecule has 25 heavy (non-hydrogen) atoms. The lowest BCUT2D eigenvalue weighted by Gasteiger charge is -2.09. The van der Waals surface area contributed by atoms with Crippen molar-refractivity contribution in [3.8, 4) is 5.82 Å². The zero-order valence-corrected chi connectivity index (χ0v) is 13.8. The van der Waals surface area contributed by atoms with Crippen LogP contribution in [0.3, 0.4) is 0 Å². The number of benzene rings is 2. The van der Waals surface area contributed by atoms with E-state index >= 15 is 0 Å². The van der Waals surface area contributed by atoms with Crippen LogP contribution in [0.4, 0.5) is 11.5 Å². The van der Waals surface area contributed by atoms with Crippen molar-refractivity contribution in [2.24, 2.45) is 0 Å². The fraction of sp³-hybridized carbons (Fsp3) is 0.0500. The van der Waals surface area contributed by atoms with Crippen molar-refractivity contribution in [1.82, 2.24) is 19.5 Å². The Morgan fingerprint density at radius 2 is 1.80 bits per heavy atom. The van der Waals surface area contributed by atoms with Crippen LogP contribution < -0.4 is 5.32 Å². The molecule has 0 amide bonds. The van der Waals surface area contributed by atoms with Crippen LogP contribution in [-0.2, 0) is 0 Å². The number of nitrogens with one attached hydrogen (secondary N) is 1. The average molecular weight is 327 g/mol. The van der Waals surface area contributed by atoms with E-state index in [0.717, 1.165) is 33.9 Å². The van der Waals surface area contributed by atoms with Crippen molar-refractivity contribution in [2.45, 2.75) is 6.92 Å². The molecule has 0 fully saturated rings. The first-order valence-electron chi connectivity index (χ1n) is 8.00. The summed E-state index contributed by atoms with van der Waals surface area (Å²) in [6.07, 6.45) is 5.27. The predicted molar refractivity (Wildman–Crippen MR) is 101 cm³/mol. The normalized spacial score (nSPS) is 10.8. The molecule has 2 aromatic carbocycles. The summed E-state index contributed by atoms with van der Waals surface area (Å²) in [5.41, 5.74) is 3.98. The zero-order chi connectivity index (χ0) is 17.2. The van der Waals surface area contributed by atoms with Crippen LogP contribution in [0.25, 0.3) is 22.9 Å². The maximum absolute atomic E-state index is 4.69. The van der Waals surface area contributed by atoms with E-state index in [1.165, 1.54) is 0 Å². The van der Waals surface area contributed by atoms with Gasteiger partial charge in [-0.2, -0.15) is 0 Å². The molecule has 1 N–H and O–H groups in total. The number of imidazole rings is 1. The SMILES string of the molecule is C=Cc1ccc(Nc2cncc(-n3c(C)nc4ccccc43)n2)cc1. The van der Waals surface area contributed by atoms with Gasteiger partial charge >= 0.3 is 0 Å². The van der Waals surface area contributed by atoms with Gasteiger partial charge in [-0.3, -0.25) is 9.55 Å². The summed E-state index contributed by atoms with van der Waals surface area (Å²) in [5, 5.41) is 3.28. The lowest BCUT2D eigenvalue weighted by Crippen LogP contribution is -2.03. The van der Waals surface area contributed by atoms with Crippen molar-refractivity contribution in [3.05, 3.63) is 78.9 Å². The number of anilines is 2. The lowest BCUT2D eigenvalue weighted by molar-refractivity contribution is 0.943. The maximum atomic E-state index is 4.69. The van der Waals surface area contributed by atoms with Crippen LogP contribution in [0.2, 0.25) is 0 Å². The first kappa shape index (κ1) is 15.1. The van der Waals surface area contributed by atoms with Gasteiger partial charge < -0.3 is 5.32 Å². The van der Waals surface area contributed by atoms with E-state index in [1.807, 2.05) is 66.1 Å². The molecule has 0 bridgehead atoms. The van der Waals surface area contributed by atoms with Gasteiger partial charge in [0.05, 0.1) is 23.4 Å². The van der Waals surface area contributed by atoms with Gasteiger partial charge in [-0.05, 0) is 36.8 Å². The highest BCUT2D eigenvalue weighted by Gasteiger charge is 2.10. The molecule has 4 rings (SSSR count). The number of hydrogen-bond donors (Lipinski definition) is 1. The third kappa shape index (κ3) is 2.87. The van der Waals surface area contributed by atoms with E-state index in [2.05, 4.69) is 21.9 Å². The second-order valence-corrected chi connectivity index (χ2v) is 5.70. The first-order valence-corrected chi connectivity index (χ1v) is 8.00. The Bertz CT molecular complexity index is 1050. The highest BCUT2D eigenvalue weighted by atomic mass is 15.2. The number of nitrogens with zero attached hydrogens (tertiary/aromatic N) is 4. The summed E-state index contributed by atoms with van der Waals surface area (Å²) in [6.45, 7) is 5.73. The minimum absolute atomic E-state index is 0.682. The van der Waals surface area contributed by atoms with Crippen LogP contribution in [0.15, 0.2) is 67.5 Å². The lowest BCUT2D eigenvalue weighted by atomic mass is 10.2. The summed E-state index contributed by atoms with van der Waals surface area (Å²) in [7, 11) is 0. The van der Waals surface area contributed by atoms with E-state index in [9.17, 15) is 0 Å². The predicted octanol–water partition coefficient (Wildman–Crippen LogP) is 4.51. The van der Waals surface area contributed by atoms with Crippen molar-refractivity contribution in [3.63, 3.8) is 0 Å². The molecular formula is C20H17N5. The largest absolute Gasteiger partial charge is 0.339 e. The highest BCUT2D eigenvalue weighted by Crippen LogP contribution is 2.21. The van der Waals surface area contributed by atoms with E-state index in [0.29, 0.717) is 5.82 Å². The van der Waals surface area contributed by atoms with Crippen LogP contribution in [0.1, 0.15) is 11.4 Å². The Labute approximate surface area is 145 Å². The Morgan fingerprint density at radius 1 is 1.00 bits per heavy atom. The minimum atomic E-state index is 0.682. The molecule has 0 unspecified atom stereocenters. The highest BCUT2D eigenvalue weighted by molar-refractivity contribution is 5.77. The van der Waals surface area contributed by atoms with E-state index in [4.69, 9.17) is 4.98 Å². The molecule has 122 valence electrons. The summed E-state index contributed by atoms with van der Waals surface area (Å²) in [4.78, 5) is 13.6. The second kappa shape index (κ2) is 6.20. The molecule has 0 aliphatic heterocycles. The standard InChI is InChI=1S/C20H17N5/c1-3-15-8-10-16(11-9-15)23-19-12-21-13-20(24-19)25-14(2)22-17-6-4-5-7-18(17)25/h3-13H,1H2,2H3,(H,23,24). The summed E-state index contributed by atoms with van der Waals surface area (Å²) < 4.78 is 2.01. The summed E-state index contributed by atoms with van der Waals surface area (Å²) in [6, 6.07) is 16.0. The van der Waals surface area contributed by atoms with Crippen LogP contribution in [0, 0.1) is 6.92 Å². The van der Waals surface area contributed by atoms with Crippen molar-refractivity contribution in [1.29, 1.82) is 0 Å². The molecule has 0 spiro atoms. The van der Waals surface area contributed by atoms with Gasteiger partial charge in [0.15, 0.2) is 11.6 Å².